The van der Waals surface area contributed by atoms with E-state index >= 15 is 0 Å². The van der Waals surface area contributed by atoms with Crippen LogP contribution in [0.2, 0.25) is 0 Å². The molecule has 1 saturated heterocycles. The van der Waals surface area contributed by atoms with E-state index in [1.165, 1.54) is 24.1 Å². The van der Waals surface area contributed by atoms with Gasteiger partial charge in [0.15, 0.2) is 10.6 Å². The third-order valence-corrected chi connectivity index (χ3v) is 5.84. The van der Waals surface area contributed by atoms with Crippen molar-refractivity contribution in [3.63, 3.8) is 0 Å². The molecule has 0 aliphatic carbocycles. The predicted molar refractivity (Wildman–Crippen MR) is 124 cm³/mol. The van der Waals surface area contributed by atoms with Crippen molar-refractivity contribution in [1.29, 1.82) is 0 Å². The summed E-state index contributed by atoms with van der Waals surface area (Å²) >= 11 is 5.73. The summed E-state index contributed by atoms with van der Waals surface area (Å²) in [7, 11) is 2.11. The zero-order chi connectivity index (χ0) is 20.9. The largest absolute Gasteiger partial charge is 0.371 e. The fraction of sp³-hybridized carbons (Fsp3) is 0.348. The van der Waals surface area contributed by atoms with Crippen molar-refractivity contribution < 1.29 is 0 Å². The van der Waals surface area contributed by atoms with Gasteiger partial charge in [0.2, 0.25) is 0 Å². The Kier molecular flexibility index (Phi) is 6.40. The lowest BCUT2D eigenvalue weighted by molar-refractivity contribution is 0.244. The van der Waals surface area contributed by atoms with Crippen LogP contribution in [0, 0.1) is 4.77 Å². The molecule has 7 heteroatoms. The summed E-state index contributed by atoms with van der Waals surface area (Å²) in [6.45, 7) is 8.23. The number of pyridine rings is 1. The minimum absolute atomic E-state index is 0.616. The highest BCUT2D eigenvalue weighted by atomic mass is 32.1. The summed E-state index contributed by atoms with van der Waals surface area (Å²) in [5.41, 5.74) is 3.64. The first-order valence-corrected chi connectivity index (χ1v) is 10.8. The zero-order valence-electron chi connectivity index (χ0n) is 17.4. The quantitative estimate of drug-likeness (QED) is 0.400. The average Bonchev–Trinajstić information content (AvgIpc) is 3.40. The van der Waals surface area contributed by atoms with Crippen LogP contribution in [-0.2, 0) is 19.8 Å². The van der Waals surface area contributed by atoms with Gasteiger partial charge in [0.1, 0.15) is 0 Å². The number of aromatic nitrogens is 4. The van der Waals surface area contributed by atoms with E-state index in [0.29, 0.717) is 18.0 Å². The van der Waals surface area contributed by atoms with E-state index in [4.69, 9.17) is 17.3 Å². The number of hydrogen-bond acceptors (Lipinski definition) is 5. The molecule has 1 aromatic carbocycles. The van der Waals surface area contributed by atoms with Crippen LogP contribution in [-0.4, -0.2) is 44.4 Å². The Morgan fingerprint density at radius 2 is 1.97 bits per heavy atom. The molecular formula is C23H28N6S. The molecule has 0 amide bonds. The molecule has 156 valence electrons. The standard InChI is InChI=1S/C23H28N6S/c1-3-13-28-22(19-10-8-12-24-16-19)25-29(23(28)30)18-26(2)17-20-9-4-5-11-21(20)27-14-6-7-15-27/h3-5,8-12,16H,1,6-7,13-15,17-18H2,2H3. The molecule has 1 aliphatic heterocycles. The second kappa shape index (κ2) is 9.36. The first-order chi connectivity index (χ1) is 14.7. The van der Waals surface area contributed by atoms with Crippen LogP contribution < -0.4 is 4.90 Å². The molecule has 4 rings (SSSR count). The fourth-order valence-corrected chi connectivity index (χ4v) is 4.28. The van der Waals surface area contributed by atoms with Crippen LogP contribution in [0.5, 0.6) is 0 Å². The number of hydrogen-bond donors (Lipinski definition) is 0. The lowest BCUT2D eigenvalue weighted by Crippen LogP contribution is -2.25. The second-order valence-electron chi connectivity index (χ2n) is 7.73. The predicted octanol–water partition coefficient (Wildman–Crippen LogP) is 4.35. The number of benzene rings is 1. The molecule has 0 saturated carbocycles. The Morgan fingerprint density at radius 3 is 2.70 bits per heavy atom. The lowest BCUT2D eigenvalue weighted by Gasteiger charge is -2.24. The SMILES string of the molecule is C=CCn1c(-c2cccnc2)nn(CN(C)Cc2ccccc2N2CCCC2)c1=S. The molecule has 0 bridgehead atoms. The van der Waals surface area contributed by atoms with Crippen LogP contribution in [0.15, 0.2) is 61.4 Å². The van der Waals surface area contributed by atoms with Crippen molar-refractivity contribution in [3.05, 3.63) is 71.8 Å². The summed E-state index contributed by atoms with van der Waals surface area (Å²) < 4.78 is 4.58. The van der Waals surface area contributed by atoms with Gasteiger partial charge in [-0.15, -0.1) is 6.58 Å². The molecule has 3 heterocycles. The van der Waals surface area contributed by atoms with E-state index in [1.807, 2.05) is 33.7 Å². The lowest BCUT2D eigenvalue weighted by atomic mass is 10.1. The number of allylic oxidation sites excluding steroid dienone is 1. The van der Waals surface area contributed by atoms with Crippen LogP contribution >= 0.6 is 12.2 Å². The molecular weight excluding hydrogens is 392 g/mol. The van der Waals surface area contributed by atoms with E-state index in [2.05, 4.69) is 52.7 Å². The molecule has 6 nitrogen and oxygen atoms in total. The van der Waals surface area contributed by atoms with Crippen molar-refractivity contribution in [3.8, 4) is 11.4 Å². The molecule has 0 unspecified atom stereocenters. The van der Waals surface area contributed by atoms with E-state index in [9.17, 15) is 0 Å². The molecule has 0 atom stereocenters. The third-order valence-electron chi connectivity index (χ3n) is 5.41. The number of rotatable bonds is 8. The van der Waals surface area contributed by atoms with Gasteiger partial charge in [-0.2, -0.15) is 5.10 Å². The van der Waals surface area contributed by atoms with E-state index in [0.717, 1.165) is 31.0 Å². The maximum atomic E-state index is 5.73. The van der Waals surface area contributed by atoms with Gasteiger partial charge in [0, 0.05) is 49.8 Å². The molecule has 1 aliphatic rings. The van der Waals surface area contributed by atoms with Gasteiger partial charge in [0.25, 0.3) is 0 Å². The van der Waals surface area contributed by atoms with Crippen LogP contribution in [0.3, 0.4) is 0 Å². The minimum atomic E-state index is 0.616. The first-order valence-electron chi connectivity index (χ1n) is 10.4. The van der Waals surface area contributed by atoms with Crippen LogP contribution in [0.1, 0.15) is 18.4 Å². The summed E-state index contributed by atoms with van der Waals surface area (Å²) in [5.74, 6) is 0.818. The van der Waals surface area contributed by atoms with Crippen molar-refractivity contribution in [2.75, 3.05) is 25.0 Å². The Morgan fingerprint density at radius 1 is 1.17 bits per heavy atom. The highest BCUT2D eigenvalue weighted by Crippen LogP contribution is 2.25. The van der Waals surface area contributed by atoms with Crippen molar-refractivity contribution in [2.24, 2.45) is 0 Å². The second-order valence-corrected chi connectivity index (χ2v) is 8.09. The first kappa shape index (κ1) is 20.5. The van der Waals surface area contributed by atoms with Gasteiger partial charge in [-0.3, -0.25) is 14.5 Å². The molecule has 0 radical (unpaired) electrons. The summed E-state index contributed by atoms with van der Waals surface area (Å²) in [4.78, 5) is 8.98. The number of anilines is 1. The summed E-state index contributed by atoms with van der Waals surface area (Å²) in [6.07, 6.45) is 7.97. The molecule has 3 aromatic rings. The normalized spacial score (nSPS) is 13.9. The monoisotopic (exact) mass is 420 g/mol. The molecule has 0 spiro atoms. The van der Waals surface area contributed by atoms with Gasteiger partial charge in [0.05, 0.1) is 6.67 Å². The fourth-order valence-electron chi connectivity index (χ4n) is 4.02. The van der Waals surface area contributed by atoms with Gasteiger partial charge < -0.3 is 4.90 Å². The van der Waals surface area contributed by atoms with E-state index < -0.39 is 0 Å². The van der Waals surface area contributed by atoms with Gasteiger partial charge in [-0.05, 0) is 55.9 Å². The van der Waals surface area contributed by atoms with Crippen LogP contribution in [0.4, 0.5) is 5.69 Å². The van der Waals surface area contributed by atoms with E-state index in [1.54, 1.807) is 6.20 Å². The van der Waals surface area contributed by atoms with Crippen molar-refractivity contribution >= 4 is 17.9 Å². The summed E-state index contributed by atoms with van der Waals surface area (Å²) in [6, 6.07) is 12.6. The van der Waals surface area contributed by atoms with Crippen LogP contribution in [0.25, 0.3) is 11.4 Å². The molecule has 1 fully saturated rings. The third kappa shape index (κ3) is 4.37. The Balaban J connectivity index is 1.56. The Bertz CT molecular complexity index is 1050. The van der Waals surface area contributed by atoms with Gasteiger partial charge >= 0.3 is 0 Å². The molecule has 0 N–H and O–H groups in total. The van der Waals surface area contributed by atoms with Gasteiger partial charge in [-0.25, -0.2) is 4.68 Å². The highest BCUT2D eigenvalue weighted by Gasteiger charge is 2.17. The minimum Gasteiger partial charge on any atom is -0.371 e. The van der Waals surface area contributed by atoms with E-state index in [-0.39, 0.29) is 0 Å². The topological polar surface area (TPSA) is 42.1 Å². The highest BCUT2D eigenvalue weighted by molar-refractivity contribution is 7.71. The molecule has 30 heavy (non-hydrogen) atoms. The smallest absolute Gasteiger partial charge is 0.199 e. The van der Waals surface area contributed by atoms with Crippen molar-refractivity contribution in [1.82, 2.24) is 24.2 Å². The maximum absolute atomic E-state index is 5.73. The summed E-state index contributed by atoms with van der Waals surface area (Å²) in [5, 5.41) is 4.82. The Hall–Kier alpha value is -2.77. The van der Waals surface area contributed by atoms with Gasteiger partial charge in [-0.1, -0.05) is 24.3 Å². The molecule has 2 aromatic heterocycles. The Labute approximate surface area is 183 Å². The zero-order valence-corrected chi connectivity index (χ0v) is 18.3. The van der Waals surface area contributed by atoms with Crippen molar-refractivity contribution in [2.45, 2.75) is 32.6 Å². The number of nitrogens with zero attached hydrogens (tertiary/aromatic N) is 6. The number of para-hydroxylation sites is 1. The average molecular weight is 421 g/mol. The maximum Gasteiger partial charge on any atom is 0.199 e.